The zero-order valence-corrected chi connectivity index (χ0v) is 13.1. The predicted molar refractivity (Wildman–Crippen MR) is 91.7 cm³/mol. The molecule has 0 fully saturated rings. The fourth-order valence-corrected chi connectivity index (χ4v) is 3.00. The van der Waals surface area contributed by atoms with Crippen molar-refractivity contribution in [1.82, 2.24) is 0 Å². The van der Waals surface area contributed by atoms with E-state index in [2.05, 4.69) is 42.5 Å². The summed E-state index contributed by atoms with van der Waals surface area (Å²) in [5.74, 6) is 0. The average Bonchev–Trinajstić information content (AvgIpc) is 2.53. The van der Waals surface area contributed by atoms with Gasteiger partial charge in [-0.05, 0) is 35.6 Å². The maximum Gasteiger partial charge on any atom is 0.0431 e. The Kier molecular flexibility index (Phi) is 7.31. The molecule has 0 atom stereocenters. The van der Waals surface area contributed by atoms with Crippen LogP contribution in [0.5, 0.6) is 0 Å². The topological polar surface area (TPSA) is 20.2 Å². The number of fused-ring (bicyclic) bond motifs is 1. The molecule has 0 saturated carbocycles. The summed E-state index contributed by atoms with van der Waals surface area (Å²) in [6, 6.07) is 15.3. The molecule has 0 saturated heterocycles. The van der Waals surface area contributed by atoms with Crippen LogP contribution in [0.1, 0.15) is 56.9 Å². The molecule has 0 radical (unpaired) electrons. The van der Waals surface area contributed by atoms with Gasteiger partial charge < -0.3 is 5.11 Å². The number of aliphatic hydroxyl groups is 1. The first-order valence-electron chi connectivity index (χ1n) is 8.49. The molecule has 1 N–H and O–H groups in total. The lowest BCUT2D eigenvalue weighted by Gasteiger charge is -2.06. The highest BCUT2D eigenvalue weighted by molar-refractivity contribution is 5.85. The molecule has 0 spiro atoms. The number of aliphatic hydroxyl groups excluding tert-OH is 1. The van der Waals surface area contributed by atoms with Crippen molar-refractivity contribution in [1.29, 1.82) is 0 Å². The molecule has 0 bridgehead atoms. The van der Waals surface area contributed by atoms with Crippen molar-refractivity contribution in [3.8, 4) is 0 Å². The summed E-state index contributed by atoms with van der Waals surface area (Å²) in [7, 11) is 0. The normalized spacial score (nSPS) is 11.1. The van der Waals surface area contributed by atoms with Crippen molar-refractivity contribution in [2.45, 2.75) is 57.8 Å². The number of hydrogen-bond donors (Lipinski definition) is 1. The Bertz CT molecular complexity index is 513. The number of benzene rings is 2. The van der Waals surface area contributed by atoms with E-state index in [0.29, 0.717) is 6.61 Å². The van der Waals surface area contributed by atoms with E-state index in [1.807, 2.05) is 0 Å². The largest absolute Gasteiger partial charge is 0.396 e. The number of hydrogen-bond acceptors (Lipinski definition) is 1. The van der Waals surface area contributed by atoms with Gasteiger partial charge in [-0.25, -0.2) is 0 Å². The molecular formula is C20H28O. The summed E-state index contributed by atoms with van der Waals surface area (Å²) in [5, 5.41) is 11.5. The minimum absolute atomic E-state index is 0.352. The summed E-state index contributed by atoms with van der Waals surface area (Å²) in [6.45, 7) is 0.352. The van der Waals surface area contributed by atoms with Crippen LogP contribution in [0.25, 0.3) is 10.8 Å². The fraction of sp³-hybridized carbons (Fsp3) is 0.500. The lowest BCUT2D eigenvalue weighted by atomic mass is 9.99. The third kappa shape index (κ3) is 5.51. The second-order valence-corrected chi connectivity index (χ2v) is 5.94. The highest BCUT2D eigenvalue weighted by Gasteiger charge is 2.00. The maximum absolute atomic E-state index is 8.72. The molecule has 0 heterocycles. The molecule has 2 aromatic rings. The Morgan fingerprint density at radius 2 is 1.24 bits per heavy atom. The molecule has 2 aromatic carbocycles. The summed E-state index contributed by atoms with van der Waals surface area (Å²) in [4.78, 5) is 0. The van der Waals surface area contributed by atoms with Crippen LogP contribution < -0.4 is 0 Å². The number of rotatable bonds is 10. The molecule has 1 nitrogen and oxygen atoms in total. The van der Waals surface area contributed by atoms with Crippen LogP contribution in [0, 0.1) is 0 Å². The quantitative estimate of drug-likeness (QED) is 0.571. The maximum atomic E-state index is 8.72. The first kappa shape index (κ1) is 16.0. The van der Waals surface area contributed by atoms with Crippen LogP contribution in [-0.2, 0) is 6.42 Å². The summed E-state index contributed by atoms with van der Waals surface area (Å²) < 4.78 is 0. The number of unbranched alkanes of at least 4 members (excludes halogenated alkanes) is 7. The molecule has 0 aliphatic carbocycles. The Morgan fingerprint density at radius 1 is 0.619 bits per heavy atom. The third-order valence-electron chi connectivity index (χ3n) is 4.23. The van der Waals surface area contributed by atoms with E-state index in [-0.39, 0.29) is 0 Å². The fourth-order valence-electron chi connectivity index (χ4n) is 3.00. The molecule has 0 amide bonds. The van der Waals surface area contributed by atoms with Gasteiger partial charge in [0.15, 0.2) is 0 Å². The van der Waals surface area contributed by atoms with Crippen LogP contribution in [0.15, 0.2) is 42.5 Å². The predicted octanol–water partition coefficient (Wildman–Crippen LogP) is 5.50. The standard InChI is InChI=1S/C20H28O/c21-17-10-6-4-2-1-3-5-7-12-18-14-11-15-19-13-8-9-16-20(18)19/h8-9,11,13-16,21H,1-7,10,12,17H2. The Labute approximate surface area is 129 Å². The van der Waals surface area contributed by atoms with Crippen molar-refractivity contribution in [2.75, 3.05) is 6.61 Å². The highest BCUT2D eigenvalue weighted by Crippen LogP contribution is 2.20. The van der Waals surface area contributed by atoms with Gasteiger partial charge in [0.2, 0.25) is 0 Å². The molecular weight excluding hydrogens is 256 g/mol. The van der Waals surface area contributed by atoms with Crippen LogP contribution >= 0.6 is 0 Å². The molecule has 0 aromatic heterocycles. The minimum atomic E-state index is 0.352. The monoisotopic (exact) mass is 284 g/mol. The Balaban J connectivity index is 1.64. The van der Waals surface area contributed by atoms with Gasteiger partial charge in [-0.3, -0.25) is 0 Å². The van der Waals surface area contributed by atoms with Crippen LogP contribution in [0.4, 0.5) is 0 Å². The number of aryl methyl sites for hydroxylation is 1. The Morgan fingerprint density at radius 3 is 2.00 bits per heavy atom. The molecule has 2 rings (SSSR count). The van der Waals surface area contributed by atoms with Crippen molar-refractivity contribution < 1.29 is 5.11 Å². The van der Waals surface area contributed by atoms with Crippen LogP contribution in [0.3, 0.4) is 0 Å². The molecule has 21 heavy (non-hydrogen) atoms. The second kappa shape index (κ2) is 9.57. The van der Waals surface area contributed by atoms with Crippen molar-refractivity contribution in [3.05, 3.63) is 48.0 Å². The lowest BCUT2D eigenvalue weighted by molar-refractivity contribution is 0.282. The third-order valence-corrected chi connectivity index (χ3v) is 4.23. The summed E-state index contributed by atoms with van der Waals surface area (Å²) in [6.07, 6.45) is 11.3. The Hall–Kier alpha value is -1.34. The molecule has 0 aliphatic heterocycles. The highest BCUT2D eigenvalue weighted by atomic mass is 16.2. The SMILES string of the molecule is OCCCCCCCCCCc1cccc2ccccc12. The smallest absolute Gasteiger partial charge is 0.0431 e. The second-order valence-electron chi connectivity index (χ2n) is 5.94. The molecule has 1 heteroatoms. The van der Waals surface area contributed by atoms with E-state index in [1.54, 1.807) is 0 Å². The first-order chi connectivity index (χ1) is 10.4. The van der Waals surface area contributed by atoms with E-state index in [9.17, 15) is 0 Å². The summed E-state index contributed by atoms with van der Waals surface area (Å²) in [5.41, 5.74) is 1.50. The molecule has 0 aliphatic rings. The van der Waals surface area contributed by atoms with Crippen molar-refractivity contribution >= 4 is 10.8 Å². The van der Waals surface area contributed by atoms with E-state index < -0.39 is 0 Å². The van der Waals surface area contributed by atoms with Gasteiger partial charge in [0.1, 0.15) is 0 Å². The van der Waals surface area contributed by atoms with E-state index in [4.69, 9.17) is 5.11 Å². The lowest BCUT2D eigenvalue weighted by Crippen LogP contribution is -1.89. The van der Waals surface area contributed by atoms with Crippen LogP contribution in [0.2, 0.25) is 0 Å². The van der Waals surface area contributed by atoms with Gasteiger partial charge in [0, 0.05) is 6.61 Å². The first-order valence-corrected chi connectivity index (χ1v) is 8.49. The van der Waals surface area contributed by atoms with Gasteiger partial charge in [-0.15, -0.1) is 0 Å². The average molecular weight is 284 g/mol. The van der Waals surface area contributed by atoms with Gasteiger partial charge in [0.05, 0.1) is 0 Å². The van der Waals surface area contributed by atoms with Crippen LogP contribution in [-0.4, -0.2) is 11.7 Å². The van der Waals surface area contributed by atoms with E-state index in [1.165, 1.54) is 67.7 Å². The zero-order chi connectivity index (χ0) is 14.8. The molecule has 0 unspecified atom stereocenters. The van der Waals surface area contributed by atoms with Gasteiger partial charge in [-0.2, -0.15) is 0 Å². The van der Waals surface area contributed by atoms with Crippen molar-refractivity contribution in [2.24, 2.45) is 0 Å². The zero-order valence-electron chi connectivity index (χ0n) is 13.1. The van der Waals surface area contributed by atoms with Crippen molar-refractivity contribution in [3.63, 3.8) is 0 Å². The van der Waals surface area contributed by atoms with Gasteiger partial charge in [-0.1, -0.05) is 81.0 Å². The van der Waals surface area contributed by atoms with E-state index >= 15 is 0 Å². The van der Waals surface area contributed by atoms with Gasteiger partial charge >= 0.3 is 0 Å². The minimum Gasteiger partial charge on any atom is -0.396 e. The summed E-state index contributed by atoms with van der Waals surface area (Å²) >= 11 is 0. The van der Waals surface area contributed by atoms with E-state index in [0.717, 1.165) is 6.42 Å². The van der Waals surface area contributed by atoms with Gasteiger partial charge in [0.25, 0.3) is 0 Å². The molecule has 114 valence electrons.